The smallest absolute Gasteiger partial charge is 0.326 e. The van der Waals surface area contributed by atoms with Crippen molar-refractivity contribution in [2.75, 3.05) is 18.9 Å². The van der Waals surface area contributed by atoms with Gasteiger partial charge in [-0.15, -0.1) is 0 Å². The molecule has 28 heavy (non-hydrogen) atoms. The van der Waals surface area contributed by atoms with E-state index in [1.54, 1.807) is 0 Å². The maximum atomic E-state index is 12.4. The van der Waals surface area contributed by atoms with Gasteiger partial charge in [-0.1, -0.05) is 13.8 Å². The van der Waals surface area contributed by atoms with E-state index in [2.05, 4.69) is 33.9 Å². The monoisotopic (exact) mass is 418 g/mol. The van der Waals surface area contributed by atoms with Gasteiger partial charge in [-0.3, -0.25) is 14.4 Å². The molecule has 160 valence electrons. The molecule has 1 aliphatic heterocycles. The third kappa shape index (κ3) is 7.64. The number of nitrogens with one attached hydrogen (secondary N) is 4. The number of aliphatic hydroxyl groups is 1. The number of carboxylic acid groups (broad SMARTS) is 1. The predicted molar refractivity (Wildman–Crippen MR) is 105 cm³/mol. The Bertz CT molecular complexity index is 568. The van der Waals surface area contributed by atoms with Gasteiger partial charge in [0.2, 0.25) is 17.7 Å². The van der Waals surface area contributed by atoms with Crippen LogP contribution in [0.1, 0.15) is 33.1 Å². The molecule has 1 saturated heterocycles. The molecule has 3 amide bonds. The first-order chi connectivity index (χ1) is 13.2. The molecule has 1 fully saturated rings. The van der Waals surface area contributed by atoms with Gasteiger partial charge in [0.15, 0.2) is 0 Å². The molecule has 0 aromatic rings. The van der Waals surface area contributed by atoms with Gasteiger partial charge in [0.1, 0.15) is 18.1 Å². The Morgan fingerprint density at radius 3 is 2.14 bits per heavy atom. The van der Waals surface area contributed by atoms with Crippen LogP contribution in [-0.2, 0) is 19.2 Å². The molecule has 6 N–H and O–H groups in total. The van der Waals surface area contributed by atoms with Crippen molar-refractivity contribution < 1.29 is 29.4 Å². The van der Waals surface area contributed by atoms with E-state index >= 15 is 0 Å². The lowest BCUT2D eigenvalue weighted by molar-refractivity contribution is -0.142. The van der Waals surface area contributed by atoms with Crippen molar-refractivity contribution >= 4 is 36.3 Å². The molecule has 1 heterocycles. The number of amides is 3. The van der Waals surface area contributed by atoms with Crippen molar-refractivity contribution in [3.8, 4) is 0 Å². The van der Waals surface area contributed by atoms with Crippen LogP contribution in [0.3, 0.4) is 0 Å². The van der Waals surface area contributed by atoms with Gasteiger partial charge in [0, 0.05) is 5.75 Å². The molecule has 11 heteroatoms. The van der Waals surface area contributed by atoms with Crippen molar-refractivity contribution in [1.29, 1.82) is 0 Å². The molecule has 0 aliphatic carbocycles. The number of aliphatic carboxylic acids is 1. The summed E-state index contributed by atoms with van der Waals surface area (Å²) in [5.74, 6) is -3.06. The van der Waals surface area contributed by atoms with E-state index in [1.807, 2.05) is 13.8 Å². The summed E-state index contributed by atoms with van der Waals surface area (Å²) in [5, 5.41) is 28.9. The summed E-state index contributed by atoms with van der Waals surface area (Å²) in [7, 11) is 0. The lowest BCUT2D eigenvalue weighted by Gasteiger charge is -2.24. The minimum absolute atomic E-state index is 0.0450. The molecule has 1 rings (SSSR count). The number of aliphatic hydroxyl groups excluding tert-OH is 1. The van der Waals surface area contributed by atoms with Crippen LogP contribution >= 0.6 is 12.6 Å². The lowest BCUT2D eigenvalue weighted by Crippen LogP contribution is -2.58. The van der Waals surface area contributed by atoms with Gasteiger partial charge < -0.3 is 31.5 Å². The summed E-state index contributed by atoms with van der Waals surface area (Å²) in [4.78, 5) is 48.1. The second-order valence-electron chi connectivity index (χ2n) is 7.17. The van der Waals surface area contributed by atoms with Gasteiger partial charge in [0.25, 0.3) is 0 Å². The molecule has 1 aliphatic rings. The molecule has 10 nitrogen and oxygen atoms in total. The summed E-state index contributed by atoms with van der Waals surface area (Å²) in [5.41, 5.74) is 0. The quantitative estimate of drug-likeness (QED) is 0.196. The third-order valence-electron chi connectivity index (χ3n) is 4.33. The van der Waals surface area contributed by atoms with E-state index in [0.29, 0.717) is 13.0 Å². The van der Waals surface area contributed by atoms with E-state index < -0.39 is 54.5 Å². The van der Waals surface area contributed by atoms with Crippen LogP contribution in [-0.4, -0.2) is 77.0 Å². The molecule has 0 radical (unpaired) electrons. The number of hydrogen-bond acceptors (Lipinski definition) is 7. The highest BCUT2D eigenvalue weighted by atomic mass is 32.1. The van der Waals surface area contributed by atoms with Crippen LogP contribution in [0.4, 0.5) is 0 Å². The highest BCUT2D eigenvalue weighted by molar-refractivity contribution is 7.80. The molecule has 0 aromatic heterocycles. The van der Waals surface area contributed by atoms with Crippen LogP contribution in [0, 0.1) is 5.92 Å². The van der Waals surface area contributed by atoms with Gasteiger partial charge in [-0.2, -0.15) is 12.6 Å². The minimum Gasteiger partial charge on any atom is -0.480 e. The van der Waals surface area contributed by atoms with Gasteiger partial charge >= 0.3 is 5.97 Å². The zero-order valence-corrected chi connectivity index (χ0v) is 17.0. The highest BCUT2D eigenvalue weighted by Gasteiger charge is 2.30. The Hall–Kier alpha value is -1.85. The second kappa shape index (κ2) is 11.9. The van der Waals surface area contributed by atoms with Crippen molar-refractivity contribution in [1.82, 2.24) is 21.3 Å². The number of carbonyl (C=O) groups is 4. The maximum absolute atomic E-state index is 12.4. The summed E-state index contributed by atoms with van der Waals surface area (Å²) >= 11 is 4.03. The lowest BCUT2D eigenvalue weighted by atomic mass is 10.0. The van der Waals surface area contributed by atoms with Crippen molar-refractivity contribution in [3.05, 3.63) is 0 Å². The van der Waals surface area contributed by atoms with Gasteiger partial charge in [-0.05, 0) is 31.7 Å². The first kappa shape index (κ1) is 24.2. The van der Waals surface area contributed by atoms with Crippen LogP contribution in [0.25, 0.3) is 0 Å². The maximum Gasteiger partial charge on any atom is 0.326 e. The number of thiol groups is 1. The van der Waals surface area contributed by atoms with Crippen molar-refractivity contribution in [3.63, 3.8) is 0 Å². The Balaban J connectivity index is 2.66. The SMILES string of the molecule is CC(C)CC(NC(=O)C(CS)NC(=O)C(CO)NC(=O)C1CCCN1)C(=O)O. The Morgan fingerprint density at radius 1 is 1.07 bits per heavy atom. The molecular weight excluding hydrogens is 388 g/mol. The van der Waals surface area contributed by atoms with Gasteiger partial charge in [-0.25, -0.2) is 4.79 Å². The zero-order valence-electron chi connectivity index (χ0n) is 16.1. The second-order valence-corrected chi connectivity index (χ2v) is 7.53. The summed E-state index contributed by atoms with van der Waals surface area (Å²) in [6.07, 6.45) is 1.72. The van der Waals surface area contributed by atoms with E-state index in [1.165, 1.54) is 0 Å². The largest absolute Gasteiger partial charge is 0.480 e. The van der Waals surface area contributed by atoms with Crippen molar-refractivity contribution in [2.24, 2.45) is 5.92 Å². The normalized spacial score (nSPS) is 19.5. The first-order valence-electron chi connectivity index (χ1n) is 9.28. The topological polar surface area (TPSA) is 157 Å². The number of carboxylic acids is 1. The number of carbonyl (C=O) groups excluding carboxylic acids is 3. The van der Waals surface area contributed by atoms with Crippen molar-refractivity contribution in [2.45, 2.75) is 57.3 Å². The molecule has 0 aromatic carbocycles. The molecular formula is C17H30N4O6S. The molecule has 0 bridgehead atoms. The molecule has 4 atom stereocenters. The average Bonchev–Trinajstić information content (AvgIpc) is 3.17. The van der Waals surface area contributed by atoms with Crippen LogP contribution in [0.15, 0.2) is 0 Å². The number of rotatable bonds is 11. The van der Waals surface area contributed by atoms with E-state index in [-0.39, 0.29) is 18.1 Å². The van der Waals surface area contributed by atoms with Crippen LogP contribution < -0.4 is 21.3 Å². The fourth-order valence-corrected chi connectivity index (χ4v) is 3.06. The van der Waals surface area contributed by atoms with E-state index in [0.717, 1.165) is 6.42 Å². The fourth-order valence-electron chi connectivity index (χ4n) is 2.81. The van der Waals surface area contributed by atoms with E-state index in [9.17, 15) is 29.4 Å². The Kier molecular flexibility index (Phi) is 10.3. The summed E-state index contributed by atoms with van der Waals surface area (Å²) in [6.45, 7) is 3.72. The summed E-state index contributed by atoms with van der Waals surface area (Å²) < 4.78 is 0. The van der Waals surface area contributed by atoms with Crippen LogP contribution in [0.2, 0.25) is 0 Å². The predicted octanol–water partition coefficient (Wildman–Crippen LogP) is -1.75. The molecule has 0 spiro atoms. The van der Waals surface area contributed by atoms with Gasteiger partial charge in [0.05, 0.1) is 12.6 Å². The fraction of sp³-hybridized carbons (Fsp3) is 0.765. The standard InChI is InChI=1S/C17H30N4O6S/c1-9(2)6-11(17(26)27)19-16(25)13(8-28)21-15(24)12(7-22)20-14(23)10-4-3-5-18-10/h9-13,18,22,28H,3-8H2,1-2H3,(H,19,25)(H,20,23)(H,21,24)(H,26,27). The Morgan fingerprint density at radius 2 is 1.68 bits per heavy atom. The zero-order chi connectivity index (χ0) is 21.3. The van der Waals surface area contributed by atoms with Crippen LogP contribution in [0.5, 0.6) is 0 Å². The molecule has 4 unspecified atom stereocenters. The van der Waals surface area contributed by atoms with E-state index in [4.69, 9.17) is 0 Å². The minimum atomic E-state index is -1.23. The first-order valence-corrected chi connectivity index (χ1v) is 9.91. The Labute approximate surface area is 169 Å². The summed E-state index contributed by atoms with van der Waals surface area (Å²) in [6, 6.07) is -3.84. The third-order valence-corrected chi connectivity index (χ3v) is 4.69. The highest BCUT2D eigenvalue weighted by Crippen LogP contribution is 2.06. The average molecular weight is 419 g/mol. The number of hydrogen-bond donors (Lipinski definition) is 7. The molecule has 0 saturated carbocycles.